The van der Waals surface area contributed by atoms with Crippen LogP contribution in [0.4, 0.5) is 5.69 Å². The number of nitrogens with zero attached hydrogens (tertiary/aromatic N) is 2. The molecule has 1 N–H and O–H groups in total. The van der Waals surface area contributed by atoms with Gasteiger partial charge < -0.3 is 5.32 Å². The van der Waals surface area contributed by atoms with Gasteiger partial charge in [-0.2, -0.15) is 0 Å². The van der Waals surface area contributed by atoms with Gasteiger partial charge in [0.15, 0.2) is 0 Å². The summed E-state index contributed by atoms with van der Waals surface area (Å²) in [6, 6.07) is 5.48. The van der Waals surface area contributed by atoms with E-state index in [1.807, 2.05) is 13.0 Å². The second-order valence-electron chi connectivity index (χ2n) is 3.63. The van der Waals surface area contributed by atoms with Gasteiger partial charge in [0.05, 0.1) is 28.0 Å². The standard InChI is InChI=1S/C12H11Cl2N3/c1-8(12-7-15-4-5-16-12)17-9-2-3-10(13)11(14)6-9/h2-8,17H,1H3. The van der Waals surface area contributed by atoms with Crippen molar-refractivity contribution in [3.05, 3.63) is 52.5 Å². The summed E-state index contributed by atoms with van der Waals surface area (Å²) in [5.74, 6) is 0. The molecule has 0 amide bonds. The zero-order chi connectivity index (χ0) is 12.3. The molecule has 2 aromatic rings. The van der Waals surface area contributed by atoms with E-state index in [9.17, 15) is 0 Å². The Hall–Kier alpha value is -1.32. The van der Waals surface area contributed by atoms with Crippen molar-refractivity contribution in [1.82, 2.24) is 9.97 Å². The average molecular weight is 268 g/mol. The molecule has 0 fully saturated rings. The molecule has 17 heavy (non-hydrogen) atoms. The third kappa shape index (κ3) is 3.08. The highest BCUT2D eigenvalue weighted by atomic mass is 35.5. The lowest BCUT2D eigenvalue weighted by Crippen LogP contribution is -2.08. The van der Waals surface area contributed by atoms with Gasteiger partial charge in [0.25, 0.3) is 0 Å². The maximum absolute atomic E-state index is 5.94. The number of aromatic nitrogens is 2. The fourth-order valence-electron chi connectivity index (χ4n) is 1.44. The molecule has 1 unspecified atom stereocenters. The van der Waals surface area contributed by atoms with Gasteiger partial charge in [0.2, 0.25) is 0 Å². The van der Waals surface area contributed by atoms with Crippen molar-refractivity contribution in [2.24, 2.45) is 0 Å². The Bertz CT molecular complexity index is 502. The number of hydrogen-bond donors (Lipinski definition) is 1. The van der Waals surface area contributed by atoms with Crippen LogP contribution in [0.15, 0.2) is 36.8 Å². The van der Waals surface area contributed by atoms with E-state index in [4.69, 9.17) is 23.2 Å². The van der Waals surface area contributed by atoms with E-state index in [0.717, 1.165) is 11.4 Å². The van der Waals surface area contributed by atoms with Gasteiger partial charge in [-0.1, -0.05) is 23.2 Å². The zero-order valence-electron chi connectivity index (χ0n) is 9.19. The van der Waals surface area contributed by atoms with Crippen molar-refractivity contribution in [3.8, 4) is 0 Å². The molecule has 0 aliphatic carbocycles. The van der Waals surface area contributed by atoms with Crippen LogP contribution in [0.25, 0.3) is 0 Å². The Morgan fingerprint density at radius 3 is 2.65 bits per heavy atom. The van der Waals surface area contributed by atoms with Crippen LogP contribution in [0.1, 0.15) is 18.7 Å². The minimum Gasteiger partial charge on any atom is -0.377 e. The monoisotopic (exact) mass is 267 g/mol. The van der Waals surface area contributed by atoms with E-state index in [2.05, 4.69) is 15.3 Å². The van der Waals surface area contributed by atoms with E-state index >= 15 is 0 Å². The molecular formula is C12H11Cl2N3. The topological polar surface area (TPSA) is 37.8 Å². The van der Waals surface area contributed by atoms with Gasteiger partial charge in [0.1, 0.15) is 0 Å². The van der Waals surface area contributed by atoms with Crippen molar-refractivity contribution >= 4 is 28.9 Å². The summed E-state index contributed by atoms with van der Waals surface area (Å²) in [6.07, 6.45) is 5.05. The summed E-state index contributed by atoms with van der Waals surface area (Å²) < 4.78 is 0. The highest BCUT2D eigenvalue weighted by Gasteiger charge is 2.07. The molecule has 1 aromatic carbocycles. The molecule has 5 heteroatoms. The largest absolute Gasteiger partial charge is 0.377 e. The zero-order valence-corrected chi connectivity index (χ0v) is 10.7. The molecule has 3 nitrogen and oxygen atoms in total. The predicted molar refractivity (Wildman–Crippen MR) is 70.5 cm³/mol. The molecule has 0 radical (unpaired) electrons. The van der Waals surface area contributed by atoms with Gasteiger partial charge in [-0.25, -0.2) is 0 Å². The minimum absolute atomic E-state index is 0.0564. The van der Waals surface area contributed by atoms with E-state index in [0.29, 0.717) is 10.0 Å². The molecule has 0 bridgehead atoms. The molecule has 2 rings (SSSR count). The Morgan fingerprint density at radius 2 is 2.00 bits per heavy atom. The number of halogens is 2. The number of rotatable bonds is 3. The smallest absolute Gasteiger partial charge is 0.0806 e. The molecule has 0 aliphatic rings. The summed E-state index contributed by atoms with van der Waals surface area (Å²) in [5.41, 5.74) is 1.77. The lowest BCUT2D eigenvalue weighted by Gasteiger charge is -2.14. The summed E-state index contributed by atoms with van der Waals surface area (Å²) in [5, 5.41) is 4.36. The van der Waals surface area contributed by atoms with Gasteiger partial charge in [-0.15, -0.1) is 0 Å². The SMILES string of the molecule is CC(Nc1ccc(Cl)c(Cl)c1)c1cnccn1. The number of benzene rings is 1. The van der Waals surface area contributed by atoms with Crippen LogP contribution in [0.2, 0.25) is 10.0 Å². The second-order valence-corrected chi connectivity index (χ2v) is 4.44. The predicted octanol–water partition coefficient (Wildman–Crippen LogP) is 3.96. The van der Waals surface area contributed by atoms with Gasteiger partial charge in [-0.05, 0) is 25.1 Å². The third-order valence-electron chi connectivity index (χ3n) is 2.33. The van der Waals surface area contributed by atoms with Gasteiger partial charge in [0, 0.05) is 18.1 Å². The van der Waals surface area contributed by atoms with Crippen LogP contribution in [-0.4, -0.2) is 9.97 Å². The number of hydrogen-bond acceptors (Lipinski definition) is 3. The highest BCUT2D eigenvalue weighted by molar-refractivity contribution is 6.42. The summed E-state index contributed by atoms with van der Waals surface area (Å²) in [7, 11) is 0. The second kappa shape index (κ2) is 5.34. The maximum Gasteiger partial charge on any atom is 0.0806 e. The molecule has 1 atom stereocenters. The Balaban J connectivity index is 2.13. The quantitative estimate of drug-likeness (QED) is 0.915. The van der Waals surface area contributed by atoms with Crippen LogP contribution >= 0.6 is 23.2 Å². The van der Waals surface area contributed by atoms with E-state index in [1.165, 1.54) is 0 Å². The van der Waals surface area contributed by atoms with Crippen molar-refractivity contribution < 1.29 is 0 Å². The number of anilines is 1. The first-order valence-corrected chi connectivity index (χ1v) is 5.90. The summed E-state index contributed by atoms with van der Waals surface area (Å²) in [4.78, 5) is 8.26. The third-order valence-corrected chi connectivity index (χ3v) is 3.07. The van der Waals surface area contributed by atoms with Crippen molar-refractivity contribution in [2.45, 2.75) is 13.0 Å². The van der Waals surface area contributed by atoms with Crippen LogP contribution in [0.3, 0.4) is 0 Å². The van der Waals surface area contributed by atoms with Crippen molar-refractivity contribution in [1.29, 1.82) is 0 Å². The molecule has 0 spiro atoms. The lowest BCUT2D eigenvalue weighted by atomic mass is 10.2. The first-order valence-electron chi connectivity index (χ1n) is 5.14. The fraction of sp³-hybridized carbons (Fsp3) is 0.167. The molecule has 0 saturated carbocycles. The van der Waals surface area contributed by atoms with Gasteiger partial charge >= 0.3 is 0 Å². The fourth-order valence-corrected chi connectivity index (χ4v) is 1.74. The van der Waals surface area contributed by atoms with Crippen LogP contribution < -0.4 is 5.32 Å². The van der Waals surface area contributed by atoms with Crippen LogP contribution in [-0.2, 0) is 0 Å². The highest BCUT2D eigenvalue weighted by Crippen LogP contribution is 2.26. The van der Waals surface area contributed by atoms with Crippen LogP contribution in [0.5, 0.6) is 0 Å². The Labute approximate surface area is 110 Å². The van der Waals surface area contributed by atoms with E-state index < -0.39 is 0 Å². The number of nitrogens with one attached hydrogen (secondary N) is 1. The minimum atomic E-state index is 0.0564. The first-order chi connectivity index (χ1) is 8.16. The summed E-state index contributed by atoms with van der Waals surface area (Å²) >= 11 is 11.8. The Kier molecular flexibility index (Phi) is 3.82. The normalized spacial score (nSPS) is 12.2. The molecule has 0 aliphatic heterocycles. The molecule has 0 saturated heterocycles. The first kappa shape index (κ1) is 12.1. The van der Waals surface area contributed by atoms with E-state index in [1.54, 1.807) is 30.7 Å². The van der Waals surface area contributed by atoms with Crippen molar-refractivity contribution in [3.63, 3.8) is 0 Å². The van der Waals surface area contributed by atoms with Crippen LogP contribution in [0, 0.1) is 0 Å². The molecule has 1 aromatic heterocycles. The van der Waals surface area contributed by atoms with E-state index in [-0.39, 0.29) is 6.04 Å². The molecule has 88 valence electrons. The van der Waals surface area contributed by atoms with Crippen molar-refractivity contribution in [2.75, 3.05) is 5.32 Å². The summed E-state index contributed by atoms with van der Waals surface area (Å²) in [6.45, 7) is 2.01. The molecular weight excluding hydrogens is 257 g/mol. The molecule has 1 heterocycles. The average Bonchev–Trinajstić information content (AvgIpc) is 2.35. The Morgan fingerprint density at radius 1 is 1.18 bits per heavy atom. The lowest BCUT2D eigenvalue weighted by molar-refractivity contribution is 0.827. The van der Waals surface area contributed by atoms with Gasteiger partial charge in [-0.3, -0.25) is 9.97 Å². The maximum atomic E-state index is 5.94.